The summed E-state index contributed by atoms with van der Waals surface area (Å²) in [7, 11) is -5.72. The molecule has 14 heteroatoms. The molecule has 0 radical (unpaired) electrons. The normalized spacial score (nSPS) is 13.0. The molecule has 0 saturated carbocycles. The molecule has 0 aliphatic rings. The van der Waals surface area contributed by atoms with Crippen molar-refractivity contribution in [1.29, 1.82) is 0 Å². The van der Waals surface area contributed by atoms with Crippen molar-refractivity contribution in [3.63, 3.8) is 0 Å². The van der Waals surface area contributed by atoms with Gasteiger partial charge in [0.2, 0.25) is 0 Å². The summed E-state index contributed by atoms with van der Waals surface area (Å²) < 4.78 is 102. The molecule has 3 rings (SSSR count). The van der Waals surface area contributed by atoms with Crippen molar-refractivity contribution < 1.29 is 35.1 Å². The molecule has 0 N–H and O–H groups in total. The molecule has 6 nitrogen and oxygen atoms in total. The molecule has 0 bridgehead atoms. The molecule has 0 aliphatic heterocycles. The number of rotatable bonds is 9. The minimum absolute atomic E-state index is 0.0122. The van der Waals surface area contributed by atoms with E-state index in [1.165, 1.54) is 10.9 Å². The number of aromatic nitrogens is 2. The van der Waals surface area contributed by atoms with Crippen molar-refractivity contribution in [2.24, 2.45) is 4.40 Å². The van der Waals surface area contributed by atoms with E-state index in [1.807, 2.05) is 0 Å². The molecule has 0 aliphatic carbocycles. The number of halogens is 6. The van der Waals surface area contributed by atoms with Crippen LogP contribution in [0.15, 0.2) is 56.4 Å². The van der Waals surface area contributed by atoms with E-state index >= 15 is 0 Å². The van der Waals surface area contributed by atoms with Gasteiger partial charge in [-0.15, -0.1) is 0 Å². The molecule has 0 unspecified atom stereocenters. The molecule has 37 heavy (non-hydrogen) atoms. The smallest absolute Gasteiger partial charge is 0.360 e. The molecule has 0 fully saturated rings. The van der Waals surface area contributed by atoms with Gasteiger partial charge >= 0.3 is 6.18 Å². The Hall–Kier alpha value is -2.42. The summed E-state index contributed by atoms with van der Waals surface area (Å²) in [4.78, 5) is -0.450. The van der Waals surface area contributed by atoms with Crippen molar-refractivity contribution in [1.82, 2.24) is 9.78 Å². The molecule has 200 valence electrons. The SMILES string of the molecule is C[Si](C)(C)CCOCn1cc(/C=N/S(=O)(=O)c2ccc(C(F)(F)F)cc2)c(-c2cc(F)c(F)cc2Br)n1. The lowest BCUT2D eigenvalue weighted by atomic mass is 10.1. The minimum Gasteiger partial charge on any atom is -0.360 e. The number of sulfonamides is 1. The number of hydrogen-bond acceptors (Lipinski definition) is 4. The highest BCUT2D eigenvalue weighted by Crippen LogP contribution is 2.32. The Labute approximate surface area is 220 Å². The standard InChI is InChI=1S/C23H23BrF5N3O3SSi/c1-37(2,3)9-8-35-14-32-13-15(22(31-32)18-10-20(25)21(26)11-19(18)24)12-30-36(33,34)17-6-4-16(5-7-17)23(27,28)29/h4-7,10-13H,8-9,14H2,1-3H3/b30-12+. The zero-order valence-electron chi connectivity index (χ0n) is 20.0. The average molecular weight is 625 g/mol. The van der Waals surface area contributed by atoms with Gasteiger partial charge in [0.15, 0.2) is 11.6 Å². The first-order valence-electron chi connectivity index (χ1n) is 10.8. The second kappa shape index (κ2) is 11.1. The number of benzene rings is 2. The van der Waals surface area contributed by atoms with E-state index in [0.717, 1.165) is 36.5 Å². The summed E-state index contributed by atoms with van der Waals surface area (Å²) in [5.74, 6) is -2.23. The maximum absolute atomic E-state index is 14.0. The fourth-order valence-corrected chi connectivity index (χ4v) is 5.16. The maximum Gasteiger partial charge on any atom is 0.416 e. The summed E-state index contributed by atoms with van der Waals surface area (Å²) >= 11 is 3.16. The Balaban J connectivity index is 1.95. The fourth-order valence-electron chi connectivity index (χ4n) is 3.05. The van der Waals surface area contributed by atoms with Gasteiger partial charge in [0.05, 0.1) is 16.7 Å². The predicted molar refractivity (Wildman–Crippen MR) is 136 cm³/mol. The van der Waals surface area contributed by atoms with E-state index in [2.05, 4.69) is 45.1 Å². The number of alkyl halides is 3. The lowest BCUT2D eigenvalue weighted by Crippen LogP contribution is -2.22. The molecular weight excluding hydrogens is 601 g/mol. The number of ether oxygens (including phenoxy) is 1. The second-order valence-corrected chi connectivity index (χ2v) is 17.4. The van der Waals surface area contributed by atoms with Gasteiger partial charge in [0, 0.05) is 36.5 Å². The van der Waals surface area contributed by atoms with Crippen LogP contribution < -0.4 is 0 Å². The van der Waals surface area contributed by atoms with Crippen LogP contribution in [-0.2, 0) is 27.7 Å². The molecule has 3 aromatic rings. The van der Waals surface area contributed by atoms with Gasteiger partial charge < -0.3 is 4.74 Å². The van der Waals surface area contributed by atoms with E-state index in [9.17, 15) is 30.4 Å². The number of hydrogen-bond donors (Lipinski definition) is 0. The van der Waals surface area contributed by atoms with Gasteiger partial charge in [0.1, 0.15) is 12.4 Å². The van der Waals surface area contributed by atoms with Gasteiger partial charge in [-0.1, -0.05) is 19.6 Å². The van der Waals surface area contributed by atoms with Crippen LogP contribution in [0.4, 0.5) is 22.0 Å². The highest BCUT2D eigenvalue weighted by atomic mass is 79.9. The summed E-state index contributed by atoms with van der Waals surface area (Å²) in [6.45, 7) is 7.06. The van der Waals surface area contributed by atoms with Crippen LogP contribution in [0.3, 0.4) is 0 Å². The van der Waals surface area contributed by atoms with E-state index in [1.54, 1.807) is 0 Å². The molecule has 0 spiro atoms. The predicted octanol–water partition coefficient (Wildman–Crippen LogP) is 6.73. The van der Waals surface area contributed by atoms with Gasteiger partial charge in [-0.05, 0) is 58.4 Å². The lowest BCUT2D eigenvalue weighted by Gasteiger charge is -2.15. The van der Waals surface area contributed by atoms with E-state index < -0.39 is 46.4 Å². The zero-order chi connectivity index (χ0) is 27.6. The van der Waals surface area contributed by atoms with Crippen molar-refractivity contribution in [2.75, 3.05) is 6.61 Å². The van der Waals surface area contributed by atoms with Crippen LogP contribution in [0.2, 0.25) is 25.7 Å². The Morgan fingerprint density at radius 3 is 2.32 bits per heavy atom. The lowest BCUT2D eigenvalue weighted by molar-refractivity contribution is -0.137. The number of nitrogens with zero attached hydrogens (tertiary/aromatic N) is 3. The van der Waals surface area contributed by atoms with E-state index in [-0.39, 0.29) is 28.0 Å². The van der Waals surface area contributed by atoms with Crippen LogP contribution in [-0.4, -0.2) is 39.1 Å². The monoisotopic (exact) mass is 623 g/mol. The molecule has 0 atom stereocenters. The quantitative estimate of drug-likeness (QED) is 0.0871. The van der Waals surface area contributed by atoms with Crippen LogP contribution in [0.1, 0.15) is 11.1 Å². The summed E-state index contributed by atoms with van der Waals surface area (Å²) in [5.41, 5.74) is -0.647. The molecule has 1 heterocycles. The van der Waals surface area contributed by atoms with E-state index in [0.29, 0.717) is 18.7 Å². The first-order valence-corrected chi connectivity index (χ1v) is 16.8. The van der Waals surface area contributed by atoms with Crippen molar-refractivity contribution in [2.45, 2.75) is 43.5 Å². The summed E-state index contributed by atoms with van der Waals surface area (Å²) in [6, 6.07) is 5.60. The fraction of sp³-hybridized carbons (Fsp3) is 0.304. The third kappa shape index (κ3) is 7.79. The highest BCUT2D eigenvalue weighted by molar-refractivity contribution is 9.10. The molecular formula is C23H23BrF5N3O3SSi. The summed E-state index contributed by atoms with van der Waals surface area (Å²) in [5, 5.41) is 4.33. The van der Waals surface area contributed by atoms with E-state index in [4.69, 9.17) is 4.74 Å². The van der Waals surface area contributed by atoms with Gasteiger partial charge in [-0.3, -0.25) is 0 Å². The van der Waals surface area contributed by atoms with Crippen molar-refractivity contribution in [3.8, 4) is 11.3 Å². The van der Waals surface area contributed by atoms with Gasteiger partial charge in [-0.25, -0.2) is 13.5 Å². The Morgan fingerprint density at radius 1 is 1.11 bits per heavy atom. The van der Waals surface area contributed by atoms with Gasteiger partial charge in [-0.2, -0.15) is 31.1 Å². The van der Waals surface area contributed by atoms with Crippen LogP contribution in [0.25, 0.3) is 11.3 Å². The van der Waals surface area contributed by atoms with Crippen molar-refractivity contribution >= 4 is 40.2 Å². The van der Waals surface area contributed by atoms with Crippen molar-refractivity contribution in [3.05, 3.63) is 69.8 Å². The molecule has 0 amide bonds. The third-order valence-corrected chi connectivity index (χ3v) is 8.70. The maximum atomic E-state index is 14.0. The van der Waals surface area contributed by atoms with Crippen LogP contribution >= 0.6 is 15.9 Å². The Bertz CT molecular complexity index is 1400. The Morgan fingerprint density at radius 2 is 1.73 bits per heavy atom. The highest BCUT2D eigenvalue weighted by Gasteiger charge is 2.30. The molecule has 0 saturated heterocycles. The Kier molecular flexibility index (Phi) is 8.77. The first-order chi connectivity index (χ1) is 17.1. The van der Waals surface area contributed by atoms with Gasteiger partial charge in [0.25, 0.3) is 10.0 Å². The molecule has 2 aromatic carbocycles. The largest absolute Gasteiger partial charge is 0.416 e. The molecule has 1 aromatic heterocycles. The average Bonchev–Trinajstić information content (AvgIpc) is 3.19. The van der Waals surface area contributed by atoms with Crippen LogP contribution in [0, 0.1) is 11.6 Å². The second-order valence-electron chi connectivity index (χ2n) is 9.30. The topological polar surface area (TPSA) is 73.6 Å². The van der Waals surface area contributed by atoms with Crippen LogP contribution in [0.5, 0.6) is 0 Å². The first kappa shape index (κ1) is 29.1. The summed E-state index contributed by atoms with van der Waals surface area (Å²) in [6.07, 6.45) is -2.26. The minimum atomic E-state index is -4.62. The zero-order valence-corrected chi connectivity index (χ0v) is 23.4. The third-order valence-electron chi connectivity index (χ3n) is 5.09.